The van der Waals surface area contributed by atoms with E-state index in [4.69, 9.17) is 9.47 Å². The van der Waals surface area contributed by atoms with Crippen LogP contribution in [0.25, 0.3) is 0 Å². The van der Waals surface area contributed by atoms with Crippen molar-refractivity contribution in [1.82, 2.24) is 9.55 Å². The van der Waals surface area contributed by atoms with Crippen molar-refractivity contribution in [3.05, 3.63) is 141 Å². The molecular formula is C29H26N2O6. The van der Waals surface area contributed by atoms with Crippen LogP contribution in [0.1, 0.15) is 22.9 Å². The van der Waals surface area contributed by atoms with Crippen molar-refractivity contribution in [2.75, 3.05) is 6.61 Å². The first-order chi connectivity index (χ1) is 18.0. The van der Waals surface area contributed by atoms with Gasteiger partial charge in [0.25, 0.3) is 5.56 Å². The van der Waals surface area contributed by atoms with E-state index in [2.05, 4.69) is 4.98 Å². The number of aliphatic hydroxyl groups is 1. The summed E-state index contributed by atoms with van der Waals surface area (Å²) >= 11 is 0. The fraction of sp³-hybridized carbons (Fsp3) is 0.207. The number of aldehydes is 1. The van der Waals surface area contributed by atoms with Crippen LogP contribution in [-0.4, -0.2) is 39.8 Å². The molecule has 2 heterocycles. The summed E-state index contributed by atoms with van der Waals surface area (Å²) in [7, 11) is 0. The van der Waals surface area contributed by atoms with Crippen LogP contribution in [0.15, 0.2) is 113 Å². The average molecular weight is 499 g/mol. The Hall–Kier alpha value is -4.11. The number of aromatic nitrogens is 2. The van der Waals surface area contributed by atoms with Crippen LogP contribution < -0.4 is 11.2 Å². The predicted molar refractivity (Wildman–Crippen MR) is 136 cm³/mol. The normalized spacial score (nSPS) is 21.5. The minimum absolute atomic E-state index is 0.0618. The molecule has 188 valence electrons. The van der Waals surface area contributed by atoms with Gasteiger partial charge in [-0.1, -0.05) is 91.0 Å². The minimum atomic E-state index is -1.31. The Morgan fingerprint density at radius 2 is 1.38 bits per heavy atom. The zero-order valence-corrected chi connectivity index (χ0v) is 19.8. The van der Waals surface area contributed by atoms with Gasteiger partial charge in [0.1, 0.15) is 18.0 Å². The summed E-state index contributed by atoms with van der Waals surface area (Å²) in [4.78, 5) is 38.0. The highest BCUT2D eigenvalue weighted by atomic mass is 16.6. The number of H-pyrrole nitrogens is 1. The van der Waals surface area contributed by atoms with Crippen LogP contribution in [0, 0.1) is 5.92 Å². The van der Waals surface area contributed by atoms with Crippen molar-refractivity contribution in [3.8, 4) is 0 Å². The Morgan fingerprint density at radius 3 is 1.84 bits per heavy atom. The van der Waals surface area contributed by atoms with Gasteiger partial charge >= 0.3 is 5.69 Å². The molecule has 8 heteroatoms. The van der Waals surface area contributed by atoms with Gasteiger partial charge in [0, 0.05) is 12.3 Å². The summed E-state index contributed by atoms with van der Waals surface area (Å²) in [6, 6.07) is 30.4. The molecule has 8 nitrogen and oxygen atoms in total. The quantitative estimate of drug-likeness (QED) is 0.286. The number of nitrogens with zero attached hydrogens (tertiary/aromatic N) is 1. The van der Waals surface area contributed by atoms with Gasteiger partial charge < -0.3 is 19.4 Å². The van der Waals surface area contributed by atoms with Crippen LogP contribution in [0.4, 0.5) is 0 Å². The number of aliphatic hydroxyl groups excluding tert-OH is 1. The van der Waals surface area contributed by atoms with Gasteiger partial charge in [-0.3, -0.25) is 14.3 Å². The average Bonchev–Trinajstić information content (AvgIpc) is 3.25. The van der Waals surface area contributed by atoms with E-state index in [1.165, 1.54) is 6.20 Å². The lowest BCUT2D eigenvalue weighted by molar-refractivity contribution is -0.117. The van der Waals surface area contributed by atoms with Crippen molar-refractivity contribution < 1.29 is 19.4 Å². The largest absolute Gasteiger partial charge is 0.388 e. The molecule has 1 unspecified atom stereocenters. The topological polar surface area (TPSA) is 111 Å². The molecule has 4 aromatic rings. The third kappa shape index (κ3) is 4.58. The summed E-state index contributed by atoms with van der Waals surface area (Å²) in [5, 5.41) is 10.9. The molecule has 3 aromatic carbocycles. The van der Waals surface area contributed by atoms with E-state index in [0.717, 1.165) is 27.3 Å². The van der Waals surface area contributed by atoms with Crippen molar-refractivity contribution in [2.24, 2.45) is 5.92 Å². The first-order valence-corrected chi connectivity index (χ1v) is 12.0. The van der Waals surface area contributed by atoms with Gasteiger partial charge in [-0.2, -0.15) is 0 Å². The monoisotopic (exact) mass is 498 g/mol. The SMILES string of the molecule is O=C[C@@H]1C(COC(c2ccccc2)(c2ccccc2)c2ccccc2)O[C@@H](n2ccc(=O)[nH]c2=O)[C@@H]1O. The van der Waals surface area contributed by atoms with Crippen molar-refractivity contribution in [1.29, 1.82) is 0 Å². The Labute approximate surface area is 212 Å². The van der Waals surface area contributed by atoms with Crippen molar-refractivity contribution in [3.63, 3.8) is 0 Å². The molecule has 1 aromatic heterocycles. The standard InChI is InChI=1S/C29H26N2O6/c32-18-23-24(37-27(26(23)34)31-17-16-25(33)30-28(31)35)19-36-29(20-10-4-1-5-11-20,21-12-6-2-7-13-21)22-14-8-3-9-15-22/h1-18,23-24,26-27,34H,19H2,(H,30,33,35)/t23-,24?,26-,27-/m1/s1. The van der Waals surface area contributed by atoms with Crippen LogP contribution in [0.3, 0.4) is 0 Å². The van der Waals surface area contributed by atoms with Gasteiger partial charge in [0.2, 0.25) is 0 Å². The molecule has 2 N–H and O–H groups in total. The molecule has 1 aliphatic heterocycles. The molecule has 0 saturated carbocycles. The molecular weight excluding hydrogens is 472 g/mol. The fourth-order valence-electron chi connectivity index (χ4n) is 4.91. The third-order valence-electron chi connectivity index (χ3n) is 6.72. The minimum Gasteiger partial charge on any atom is -0.388 e. The van der Waals surface area contributed by atoms with E-state index in [9.17, 15) is 19.5 Å². The van der Waals surface area contributed by atoms with Crippen molar-refractivity contribution >= 4 is 6.29 Å². The molecule has 0 spiro atoms. The molecule has 0 aliphatic carbocycles. The van der Waals surface area contributed by atoms with Gasteiger partial charge in [0.15, 0.2) is 6.23 Å². The maximum absolute atomic E-state index is 12.3. The van der Waals surface area contributed by atoms with E-state index >= 15 is 0 Å². The highest BCUT2D eigenvalue weighted by Crippen LogP contribution is 2.42. The number of rotatable bonds is 8. The second-order valence-corrected chi connectivity index (χ2v) is 8.88. The number of aromatic amines is 1. The number of ether oxygens (including phenoxy) is 2. The Balaban J connectivity index is 1.55. The molecule has 0 bridgehead atoms. The first kappa shape index (κ1) is 24.6. The number of hydrogen-bond donors (Lipinski definition) is 2. The lowest BCUT2D eigenvalue weighted by atomic mass is 9.80. The molecule has 5 rings (SSSR count). The number of carbonyl (C=O) groups excluding carboxylic acids is 1. The van der Waals surface area contributed by atoms with Crippen LogP contribution in [-0.2, 0) is 19.9 Å². The second-order valence-electron chi connectivity index (χ2n) is 8.88. The highest BCUT2D eigenvalue weighted by Gasteiger charge is 2.47. The number of nitrogens with one attached hydrogen (secondary N) is 1. The summed E-state index contributed by atoms with van der Waals surface area (Å²) in [5.74, 6) is -0.955. The third-order valence-corrected chi connectivity index (χ3v) is 6.72. The Kier molecular flexibility index (Phi) is 6.96. The molecule has 1 aliphatic rings. The summed E-state index contributed by atoms with van der Waals surface area (Å²) < 4.78 is 13.8. The van der Waals surface area contributed by atoms with Gasteiger partial charge in [-0.05, 0) is 16.7 Å². The molecule has 0 amide bonds. The number of hydrogen-bond acceptors (Lipinski definition) is 6. The molecule has 0 radical (unpaired) electrons. The van der Waals surface area contributed by atoms with E-state index in [0.29, 0.717) is 6.29 Å². The first-order valence-electron chi connectivity index (χ1n) is 12.0. The van der Waals surface area contributed by atoms with E-state index < -0.39 is 41.2 Å². The summed E-state index contributed by atoms with van der Waals surface area (Å²) in [6.07, 6.45) is -1.47. The second kappa shape index (κ2) is 10.5. The molecule has 4 atom stereocenters. The number of benzene rings is 3. The van der Waals surface area contributed by atoms with E-state index in [1.54, 1.807) is 0 Å². The fourth-order valence-corrected chi connectivity index (χ4v) is 4.91. The smallest absolute Gasteiger partial charge is 0.330 e. The molecule has 1 fully saturated rings. The van der Waals surface area contributed by atoms with Gasteiger partial charge in [-0.25, -0.2) is 4.79 Å². The van der Waals surface area contributed by atoms with Crippen LogP contribution in [0.5, 0.6) is 0 Å². The molecule has 37 heavy (non-hydrogen) atoms. The Bertz CT molecular complexity index is 1360. The summed E-state index contributed by atoms with van der Waals surface area (Å²) in [5.41, 5.74) is 0.276. The van der Waals surface area contributed by atoms with Crippen LogP contribution >= 0.6 is 0 Å². The predicted octanol–water partition coefficient (Wildman–Crippen LogP) is 2.62. The lowest BCUT2D eigenvalue weighted by Crippen LogP contribution is -2.38. The highest BCUT2D eigenvalue weighted by molar-refractivity contribution is 5.56. The Morgan fingerprint density at radius 1 is 0.865 bits per heavy atom. The van der Waals surface area contributed by atoms with Gasteiger partial charge in [0.05, 0.1) is 18.6 Å². The van der Waals surface area contributed by atoms with E-state index in [1.807, 2.05) is 91.0 Å². The maximum Gasteiger partial charge on any atom is 0.330 e. The van der Waals surface area contributed by atoms with Crippen molar-refractivity contribution in [2.45, 2.75) is 24.0 Å². The zero-order valence-electron chi connectivity index (χ0n) is 19.8. The van der Waals surface area contributed by atoms with Crippen LogP contribution in [0.2, 0.25) is 0 Å². The maximum atomic E-state index is 12.3. The van der Waals surface area contributed by atoms with E-state index in [-0.39, 0.29) is 6.61 Å². The van der Waals surface area contributed by atoms with Gasteiger partial charge in [-0.15, -0.1) is 0 Å². The lowest BCUT2D eigenvalue weighted by Gasteiger charge is -2.37. The summed E-state index contributed by atoms with van der Waals surface area (Å²) in [6.45, 7) is -0.0618. The number of carbonyl (C=O) groups is 1. The zero-order chi connectivity index (χ0) is 25.8. The molecule has 1 saturated heterocycles.